The van der Waals surface area contributed by atoms with Gasteiger partial charge in [-0.25, -0.2) is 0 Å². The number of ether oxygens (including phenoxy) is 4. The van der Waals surface area contributed by atoms with Gasteiger partial charge in [-0.05, 0) is 38.5 Å². The van der Waals surface area contributed by atoms with Gasteiger partial charge in [-0.15, -0.1) is 0 Å². The predicted octanol–water partition coefficient (Wildman–Crippen LogP) is 4.71. The molecule has 2 aliphatic rings. The van der Waals surface area contributed by atoms with E-state index in [1.165, 1.54) is 109 Å². The summed E-state index contributed by atoms with van der Waals surface area (Å²) in [6, 6.07) is -1.28. The molecule has 0 spiro atoms. The highest BCUT2D eigenvalue weighted by Gasteiger charge is 2.51. The monoisotopic (exact) mass is 950 g/mol. The van der Waals surface area contributed by atoms with Crippen LogP contribution in [0.1, 0.15) is 194 Å². The molecule has 2 heterocycles. The van der Waals surface area contributed by atoms with Crippen LogP contribution in [0.15, 0.2) is 12.2 Å². The van der Waals surface area contributed by atoms with E-state index in [0.717, 1.165) is 44.9 Å². The molecule has 0 saturated carbocycles. The van der Waals surface area contributed by atoms with Crippen LogP contribution in [0.2, 0.25) is 0 Å². The van der Waals surface area contributed by atoms with Crippen LogP contribution in [0.5, 0.6) is 0 Å². The molecule has 0 aromatic carbocycles. The van der Waals surface area contributed by atoms with Crippen molar-refractivity contribution in [2.24, 2.45) is 0 Å². The summed E-state index contributed by atoms with van der Waals surface area (Å²) >= 11 is 0. The molecule has 2 aliphatic heterocycles. The van der Waals surface area contributed by atoms with Crippen molar-refractivity contribution >= 4 is 5.91 Å². The van der Waals surface area contributed by atoms with Crippen LogP contribution in [0.4, 0.5) is 0 Å². The molecule has 390 valence electrons. The molecule has 0 radical (unpaired) electrons. The molecular formula is C50H95NO15. The summed E-state index contributed by atoms with van der Waals surface area (Å²) in [6.07, 6.45) is 13.7. The summed E-state index contributed by atoms with van der Waals surface area (Å²) in [4.78, 5) is 13.3. The summed E-state index contributed by atoms with van der Waals surface area (Å²) in [5.74, 6) is -0.767. The van der Waals surface area contributed by atoms with E-state index in [1.54, 1.807) is 0 Å². The van der Waals surface area contributed by atoms with Crippen molar-refractivity contribution in [3.8, 4) is 0 Å². The Balaban J connectivity index is 1.92. The second-order valence-corrected chi connectivity index (χ2v) is 18.9. The highest BCUT2D eigenvalue weighted by atomic mass is 16.7. The Bertz CT molecular complexity index is 1200. The van der Waals surface area contributed by atoms with Crippen LogP contribution in [-0.2, 0) is 23.7 Å². The molecule has 66 heavy (non-hydrogen) atoms. The van der Waals surface area contributed by atoms with Crippen LogP contribution < -0.4 is 5.32 Å². The Labute approximate surface area is 396 Å². The van der Waals surface area contributed by atoms with Crippen LogP contribution in [0.3, 0.4) is 0 Å². The van der Waals surface area contributed by atoms with Gasteiger partial charge in [0.1, 0.15) is 61.0 Å². The zero-order valence-electron chi connectivity index (χ0n) is 40.7. The Hall–Kier alpha value is -1.35. The van der Waals surface area contributed by atoms with Crippen molar-refractivity contribution in [1.29, 1.82) is 0 Å². The molecule has 16 nitrogen and oxygen atoms in total. The molecule has 9 unspecified atom stereocenters. The summed E-state index contributed by atoms with van der Waals surface area (Å²) in [5, 5.41) is 108. The minimum absolute atomic E-state index is 0.201. The predicted molar refractivity (Wildman–Crippen MR) is 252 cm³/mol. The van der Waals surface area contributed by atoms with Gasteiger partial charge in [0.05, 0.1) is 32.0 Å². The van der Waals surface area contributed by atoms with E-state index in [0.29, 0.717) is 12.8 Å². The number of hydrogen-bond acceptors (Lipinski definition) is 15. The number of carbonyl (C=O) groups excluding carboxylic acids is 1. The van der Waals surface area contributed by atoms with Gasteiger partial charge in [0.25, 0.3) is 0 Å². The Morgan fingerprint density at radius 1 is 0.545 bits per heavy atom. The van der Waals surface area contributed by atoms with Crippen LogP contribution in [-0.4, -0.2) is 163 Å². The fourth-order valence-electron chi connectivity index (χ4n) is 8.75. The van der Waals surface area contributed by atoms with E-state index in [9.17, 15) is 55.9 Å². The van der Waals surface area contributed by atoms with E-state index in [-0.39, 0.29) is 12.8 Å². The zero-order valence-corrected chi connectivity index (χ0v) is 40.7. The maximum absolute atomic E-state index is 13.3. The maximum atomic E-state index is 13.3. The van der Waals surface area contributed by atoms with Gasteiger partial charge in [0.15, 0.2) is 12.6 Å². The number of hydrogen-bond donors (Lipinski definition) is 11. The number of unbranched alkanes of at least 4 members (excludes halogenated alkanes) is 23. The first-order valence-corrected chi connectivity index (χ1v) is 26.1. The molecular weight excluding hydrogens is 855 g/mol. The molecule has 0 aromatic rings. The third-order valence-electron chi connectivity index (χ3n) is 13.2. The second kappa shape index (κ2) is 37.5. The Morgan fingerprint density at radius 3 is 1.50 bits per heavy atom. The van der Waals surface area contributed by atoms with Crippen molar-refractivity contribution < 1.29 is 74.8 Å². The molecule has 16 heteroatoms. The van der Waals surface area contributed by atoms with E-state index in [1.807, 2.05) is 0 Å². The third kappa shape index (κ3) is 24.0. The fraction of sp³-hybridized carbons (Fsp3) is 0.940. The van der Waals surface area contributed by atoms with Gasteiger partial charge in [0, 0.05) is 0 Å². The summed E-state index contributed by atoms with van der Waals surface area (Å²) in [6.45, 7) is 2.40. The molecule has 2 saturated heterocycles. The molecule has 14 atom stereocenters. The lowest BCUT2D eigenvalue weighted by molar-refractivity contribution is -0.359. The van der Waals surface area contributed by atoms with E-state index in [4.69, 9.17) is 18.9 Å². The van der Waals surface area contributed by atoms with Crippen molar-refractivity contribution in [3.63, 3.8) is 0 Å². The normalized spacial score (nSPS) is 27.8. The van der Waals surface area contributed by atoms with Crippen molar-refractivity contribution in [2.45, 2.75) is 279 Å². The van der Waals surface area contributed by atoms with Crippen molar-refractivity contribution in [1.82, 2.24) is 5.32 Å². The first kappa shape index (κ1) is 60.8. The van der Waals surface area contributed by atoms with Crippen LogP contribution in [0.25, 0.3) is 0 Å². The first-order chi connectivity index (χ1) is 31.9. The van der Waals surface area contributed by atoms with Crippen LogP contribution in [0, 0.1) is 0 Å². The molecule has 0 aliphatic carbocycles. The largest absolute Gasteiger partial charge is 0.394 e. The topological polar surface area (TPSA) is 268 Å². The van der Waals surface area contributed by atoms with Crippen LogP contribution >= 0.6 is 0 Å². The second-order valence-electron chi connectivity index (χ2n) is 18.9. The number of carbonyl (C=O) groups is 1. The molecule has 2 rings (SSSR count). The van der Waals surface area contributed by atoms with Gasteiger partial charge in [0.2, 0.25) is 5.91 Å². The van der Waals surface area contributed by atoms with Crippen molar-refractivity contribution in [2.75, 3.05) is 19.8 Å². The molecule has 1 amide bonds. The highest BCUT2D eigenvalue weighted by molar-refractivity contribution is 5.80. The van der Waals surface area contributed by atoms with Gasteiger partial charge in [-0.3, -0.25) is 4.79 Å². The van der Waals surface area contributed by atoms with Gasteiger partial charge >= 0.3 is 0 Å². The highest BCUT2D eigenvalue weighted by Crippen LogP contribution is 2.30. The Morgan fingerprint density at radius 2 is 0.985 bits per heavy atom. The molecule has 11 N–H and O–H groups in total. The summed E-state index contributed by atoms with van der Waals surface area (Å²) < 4.78 is 22.5. The number of aliphatic hydroxyl groups is 10. The lowest BCUT2D eigenvalue weighted by Gasteiger charge is -2.46. The summed E-state index contributed by atoms with van der Waals surface area (Å²) in [5.41, 5.74) is 0. The summed E-state index contributed by atoms with van der Waals surface area (Å²) in [7, 11) is 0. The minimum atomic E-state index is -1.85. The lowest BCUT2D eigenvalue weighted by atomic mass is 9.97. The van der Waals surface area contributed by atoms with E-state index < -0.39 is 111 Å². The quantitative estimate of drug-likeness (QED) is 0.0293. The smallest absolute Gasteiger partial charge is 0.249 e. The Kier molecular flexibility index (Phi) is 34.5. The maximum Gasteiger partial charge on any atom is 0.249 e. The zero-order chi connectivity index (χ0) is 48.5. The SMILES string of the molecule is CCCCCCCCCCCC/C=C\CCCCC(O)[C@@H](O)C(CO[C@@H]1OC(CO)[C@@H](O[C@@H]2OC(CO)[C@H](O)C(O)C2O)C(O)C1O)NC(=O)C(O)CCCCCCCCCCCCCC. The standard InChI is InChI=1S/C50H95NO15/c1-3-5-7-9-11-13-15-17-18-19-20-22-23-25-27-29-31-37(54)41(56)36(51-48(62)38(55)32-30-28-26-24-21-16-14-12-10-8-6-4-2)35-63-49-46(61)44(59)47(40(34-53)65-49)66-50-45(60)43(58)42(57)39(33-52)64-50/h22-23,36-47,49-50,52-61H,3-21,24-35H2,1-2H3,(H,51,62)/b23-22-/t36?,37?,38?,39?,40?,41-,42-,43?,44?,45?,46?,47+,49+,50-/m0/s1. The molecule has 0 bridgehead atoms. The van der Waals surface area contributed by atoms with E-state index in [2.05, 4.69) is 31.3 Å². The number of aliphatic hydroxyl groups excluding tert-OH is 10. The fourth-order valence-corrected chi connectivity index (χ4v) is 8.75. The average molecular weight is 950 g/mol. The number of rotatable bonds is 40. The van der Waals surface area contributed by atoms with Crippen molar-refractivity contribution in [3.05, 3.63) is 12.2 Å². The van der Waals surface area contributed by atoms with Gasteiger partial charge in [-0.1, -0.05) is 167 Å². The van der Waals surface area contributed by atoms with E-state index >= 15 is 0 Å². The lowest BCUT2D eigenvalue weighted by Crippen LogP contribution is -2.65. The first-order valence-electron chi connectivity index (χ1n) is 26.1. The number of nitrogens with one attached hydrogen (secondary N) is 1. The van der Waals surface area contributed by atoms with Gasteiger partial charge < -0.3 is 75.3 Å². The molecule has 0 aromatic heterocycles. The molecule has 2 fully saturated rings. The van der Waals surface area contributed by atoms with Gasteiger partial charge in [-0.2, -0.15) is 0 Å². The number of allylic oxidation sites excluding steroid dienone is 2. The minimum Gasteiger partial charge on any atom is -0.394 e. The average Bonchev–Trinajstić information content (AvgIpc) is 3.31. The number of amides is 1. The third-order valence-corrected chi connectivity index (χ3v) is 13.2.